The molecule has 0 saturated carbocycles. The summed E-state index contributed by atoms with van der Waals surface area (Å²) in [5, 5.41) is 3.18. The summed E-state index contributed by atoms with van der Waals surface area (Å²) in [7, 11) is 1.35. The zero-order valence-corrected chi connectivity index (χ0v) is 11.8. The van der Waals surface area contributed by atoms with Crippen LogP contribution in [0.15, 0.2) is 12.5 Å². The minimum Gasteiger partial charge on any atom is -0.465 e. The standard InChI is InChI=1S/C12H18N4O2S/c1-18-12(17)10-8-13-9-15-11(10)14-2-3-16-4-6-19-7-5-16/h8-9H,2-7H2,1H3,(H,13,14,15). The minimum absolute atomic E-state index is 0.374. The van der Waals surface area contributed by atoms with Crippen molar-refractivity contribution < 1.29 is 9.53 Å². The first-order valence-corrected chi connectivity index (χ1v) is 7.39. The van der Waals surface area contributed by atoms with Crippen molar-refractivity contribution in [1.29, 1.82) is 0 Å². The molecule has 1 N–H and O–H groups in total. The fourth-order valence-electron chi connectivity index (χ4n) is 1.89. The predicted octanol–water partition coefficient (Wildman–Crippen LogP) is 0.724. The lowest BCUT2D eigenvalue weighted by molar-refractivity contribution is 0.0601. The van der Waals surface area contributed by atoms with Crippen LogP contribution in [0.5, 0.6) is 0 Å². The fraction of sp³-hybridized carbons (Fsp3) is 0.583. The second kappa shape index (κ2) is 7.30. The number of carbonyl (C=O) groups is 1. The number of rotatable bonds is 5. The summed E-state index contributed by atoms with van der Waals surface area (Å²) in [6, 6.07) is 0. The first-order chi connectivity index (χ1) is 9.31. The van der Waals surface area contributed by atoms with Gasteiger partial charge < -0.3 is 10.1 Å². The van der Waals surface area contributed by atoms with Gasteiger partial charge in [-0.25, -0.2) is 14.8 Å². The monoisotopic (exact) mass is 282 g/mol. The van der Waals surface area contributed by atoms with Gasteiger partial charge in [0.15, 0.2) is 0 Å². The Labute approximate surface area is 116 Å². The summed E-state index contributed by atoms with van der Waals surface area (Å²) >= 11 is 1.99. The topological polar surface area (TPSA) is 67.3 Å². The molecule has 2 heterocycles. The third-order valence-electron chi connectivity index (χ3n) is 2.94. The van der Waals surface area contributed by atoms with Gasteiger partial charge in [-0.2, -0.15) is 11.8 Å². The van der Waals surface area contributed by atoms with Crippen LogP contribution >= 0.6 is 11.8 Å². The maximum atomic E-state index is 11.5. The highest BCUT2D eigenvalue weighted by atomic mass is 32.2. The van der Waals surface area contributed by atoms with Crippen LogP contribution in [-0.4, -0.2) is 65.6 Å². The van der Waals surface area contributed by atoms with Gasteiger partial charge in [-0.15, -0.1) is 0 Å². The van der Waals surface area contributed by atoms with Crippen LogP contribution in [0.2, 0.25) is 0 Å². The Hall–Kier alpha value is -1.34. The zero-order valence-electron chi connectivity index (χ0n) is 11.0. The molecule has 19 heavy (non-hydrogen) atoms. The van der Waals surface area contributed by atoms with E-state index in [9.17, 15) is 4.79 Å². The molecule has 1 aromatic heterocycles. The maximum Gasteiger partial charge on any atom is 0.343 e. The molecule has 0 amide bonds. The van der Waals surface area contributed by atoms with E-state index in [4.69, 9.17) is 4.74 Å². The number of hydrogen-bond acceptors (Lipinski definition) is 7. The highest BCUT2D eigenvalue weighted by Gasteiger charge is 2.14. The van der Waals surface area contributed by atoms with Crippen LogP contribution in [-0.2, 0) is 4.74 Å². The zero-order chi connectivity index (χ0) is 13.5. The van der Waals surface area contributed by atoms with Gasteiger partial charge >= 0.3 is 5.97 Å². The van der Waals surface area contributed by atoms with Crippen LogP contribution in [0.3, 0.4) is 0 Å². The van der Waals surface area contributed by atoms with E-state index in [2.05, 4.69) is 20.2 Å². The Morgan fingerprint density at radius 3 is 3.05 bits per heavy atom. The lowest BCUT2D eigenvalue weighted by Crippen LogP contribution is -2.36. The average molecular weight is 282 g/mol. The van der Waals surface area contributed by atoms with Crippen molar-refractivity contribution in [2.75, 3.05) is 50.1 Å². The fourth-order valence-corrected chi connectivity index (χ4v) is 2.87. The molecular formula is C12H18N4O2S. The molecule has 1 aliphatic heterocycles. The van der Waals surface area contributed by atoms with Crippen LogP contribution < -0.4 is 5.32 Å². The second-order valence-corrected chi connectivity index (χ2v) is 5.38. The number of methoxy groups -OCH3 is 1. The van der Waals surface area contributed by atoms with E-state index in [1.165, 1.54) is 31.1 Å². The van der Waals surface area contributed by atoms with Crippen molar-refractivity contribution in [1.82, 2.24) is 14.9 Å². The molecule has 104 valence electrons. The normalized spacial score (nSPS) is 16.1. The largest absolute Gasteiger partial charge is 0.465 e. The van der Waals surface area contributed by atoms with Crippen molar-refractivity contribution in [3.05, 3.63) is 18.1 Å². The molecule has 7 heteroatoms. The summed E-state index contributed by atoms with van der Waals surface area (Å²) in [4.78, 5) is 21.9. The molecule has 1 saturated heterocycles. The first kappa shape index (κ1) is 14.1. The number of hydrogen-bond donors (Lipinski definition) is 1. The summed E-state index contributed by atoms with van der Waals surface area (Å²) in [6.45, 7) is 3.96. The van der Waals surface area contributed by atoms with Gasteiger partial charge in [0.25, 0.3) is 0 Å². The van der Waals surface area contributed by atoms with Gasteiger partial charge in [0.05, 0.1) is 7.11 Å². The van der Waals surface area contributed by atoms with Gasteiger partial charge in [-0.05, 0) is 0 Å². The summed E-state index contributed by atoms with van der Waals surface area (Å²) in [5.74, 6) is 2.51. The lowest BCUT2D eigenvalue weighted by atomic mass is 10.3. The van der Waals surface area contributed by atoms with Crippen molar-refractivity contribution in [2.45, 2.75) is 0 Å². The SMILES string of the molecule is COC(=O)c1cncnc1NCCN1CCSCC1. The van der Waals surface area contributed by atoms with E-state index in [-0.39, 0.29) is 0 Å². The van der Waals surface area contributed by atoms with Crippen molar-refractivity contribution >= 4 is 23.5 Å². The molecular weight excluding hydrogens is 264 g/mol. The third-order valence-corrected chi connectivity index (χ3v) is 3.88. The van der Waals surface area contributed by atoms with Gasteiger partial charge in [0.1, 0.15) is 17.7 Å². The van der Waals surface area contributed by atoms with Crippen LogP contribution in [0.1, 0.15) is 10.4 Å². The third kappa shape index (κ3) is 4.07. The van der Waals surface area contributed by atoms with Crippen molar-refractivity contribution in [2.24, 2.45) is 0 Å². The molecule has 6 nitrogen and oxygen atoms in total. The number of nitrogens with zero attached hydrogens (tertiary/aromatic N) is 3. The van der Waals surface area contributed by atoms with E-state index in [0.29, 0.717) is 11.4 Å². The summed E-state index contributed by atoms with van der Waals surface area (Å²) < 4.78 is 4.70. The number of carbonyl (C=O) groups excluding carboxylic acids is 1. The molecule has 0 bridgehead atoms. The summed E-state index contributed by atoms with van der Waals surface area (Å²) in [6.07, 6.45) is 2.89. The van der Waals surface area contributed by atoms with Crippen LogP contribution in [0.4, 0.5) is 5.82 Å². The van der Waals surface area contributed by atoms with E-state index < -0.39 is 5.97 Å². The molecule has 0 aliphatic carbocycles. The van der Waals surface area contributed by atoms with Crippen molar-refractivity contribution in [3.63, 3.8) is 0 Å². The number of thioether (sulfide) groups is 1. The molecule has 1 aromatic rings. The van der Waals surface area contributed by atoms with Gasteiger partial charge in [-0.1, -0.05) is 0 Å². The number of anilines is 1. The Morgan fingerprint density at radius 2 is 2.32 bits per heavy atom. The first-order valence-electron chi connectivity index (χ1n) is 6.23. The van der Waals surface area contributed by atoms with E-state index in [1.807, 2.05) is 11.8 Å². The van der Waals surface area contributed by atoms with Gasteiger partial charge in [0, 0.05) is 43.9 Å². The Bertz CT molecular complexity index is 424. The Kier molecular flexibility index (Phi) is 5.41. The maximum absolute atomic E-state index is 11.5. The highest BCUT2D eigenvalue weighted by Crippen LogP contribution is 2.12. The highest BCUT2D eigenvalue weighted by molar-refractivity contribution is 7.99. The summed E-state index contributed by atoms with van der Waals surface area (Å²) in [5.41, 5.74) is 0.374. The van der Waals surface area contributed by atoms with E-state index in [0.717, 1.165) is 26.2 Å². The molecule has 2 rings (SSSR count). The van der Waals surface area contributed by atoms with Crippen LogP contribution in [0.25, 0.3) is 0 Å². The van der Waals surface area contributed by atoms with Gasteiger partial charge in [-0.3, -0.25) is 4.90 Å². The molecule has 1 aliphatic rings. The van der Waals surface area contributed by atoms with Gasteiger partial charge in [0.2, 0.25) is 0 Å². The Balaban J connectivity index is 1.86. The van der Waals surface area contributed by atoms with Crippen molar-refractivity contribution in [3.8, 4) is 0 Å². The van der Waals surface area contributed by atoms with Crippen LogP contribution in [0, 0.1) is 0 Å². The Morgan fingerprint density at radius 1 is 1.53 bits per heavy atom. The number of nitrogens with one attached hydrogen (secondary N) is 1. The molecule has 0 radical (unpaired) electrons. The van der Waals surface area contributed by atoms with E-state index >= 15 is 0 Å². The number of aromatic nitrogens is 2. The molecule has 1 fully saturated rings. The van der Waals surface area contributed by atoms with E-state index in [1.54, 1.807) is 0 Å². The second-order valence-electron chi connectivity index (χ2n) is 4.16. The minimum atomic E-state index is -0.419. The molecule has 0 unspecified atom stereocenters. The lowest BCUT2D eigenvalue weighted by Gasteiger charge is -2.26. The smallest absolute Gasteiger partial charge is 0.343 e. The predicted molar refractivity (Wildman–Crippen MR) is 75.6 cm³/mol. The quantitative estimate of drug-likeness (QED) is 0.798. The molecule has 0 atom stereocenters. The molecule has 0 spiro atoms. The number of ether oxygens (including phenoxy) is 1. The number of esters is 1. The molecule has 0 aromatic carbocycles. The average Bonchev–Trinajstić information content (AvgIpc) is 2.48.